The molecule has 0 bridgehead atoms. The van der Waals surface area contributed by atoms with Gasteiger partial charge in [0.05, 0.1) is 18.2 Å². The Morgan fingerprint density at radius 1 is 1.27 bits per heavy atom. The van der Waals surface area contributed by atoms with Crippen LogP contribution in [0.2, 0.25) is 0 Å². The Bertz CT molecular complexity index is 724. The van der Waals surface area contributed by atoms with E-state index in [0.717, 1.165) is 37.9 Å². The van der Waals surface area contributed by atoms with Crippen molar-refractivity contribution in [3.63, 3.8) is 0 Å². The monoisotopic (exact) mass is 361 g/mol. The molecule has 1 aromatic rings. The summed E-state index contributed by atoms with van der Waals surface area (Å²) in [6.45, 7) is 4.80. The second kappa shape index (κ2) is 7.99. The molecule has 0 spiro atoms. The number of aryl methyl sites for hydroxylation is 1. The van der Waals surface area contributed by atoms with Crippen molar-refractivity contribution >= 4 is 11.8 Å². The molecular weight excluding hydrogens is 334 g/mol. The van der Waals surface area contributed by atoms with Gasteiger partial charge in [0.1, 0.15) is 5.82 Å². The average Bonchev–Trinajstić information content (AvgIpc) is 2.60. The number of nitrogens with zero attached hydrogens (tertiary/aromatic N) is 3. The van der Waals surface area contributed by atoms with Gasteiger partial charge in [0, 0.05) is 31.6 Å². The van der Waals surface area contributed by atoms with E-state index in [4.69, 9.17) is 5.73 Å². The van der Waals surface area contributed by atoms with Gasteiger partial charge in [-0.1, -0.05) is 0 Å². The van der Waals surface area contributed by atoms with Crippen LogP contribution < -0.4 is 11.3 Å². The number of carbonyl (C=O) groups is 2. The number of amides is 2. The fourth-order valence-corrected chi connectivity index (χ4v) is 4.09. The van der Waals surface area contributed by atoms with Crippen LogP contribution in [0.3, 0.4) is 0 Å². The SMILES string of the molecule is Cc1nc(C2CCN(C(=O)[C@H]3CCCN(CC(N)=O)C3)CC2)cc(=O)[nH]1. The topological polar surface area (TPSA) is 112 Å². The Labute approximate surface area is 152 Å². The second-order valence-corrected chi connectivity index (χ2v) is 7.40. The molecule has 0 radical (unpaired) electrons. The molecule has 3 heterocycles. The van der Waals surface area contributed by atoms with Crippen LogP contribution in [0.1, 0.15) is 43.1 Å². The van der Waals surface area contributed by atoms with Crippen molar-refractivity contribution in [1.29, 1.82) is 0 Å². The Morgan fingerprint density at radius 3 is 2.65 bits per heavy atom. The zero-order chi connectivity index (χ0) is 18.7. The fraction of sp³-hybridized carbons (Fsp3) is 0.667. The maximum atomic E-state index is 12.8. The summed E-state index contributed by atoms with van der Waals surface area (Å²) >= 11 is 0. The molecule has 0 unspecified atom stereocenters. The standard InChI is InChI=1S/C18H27N5O3/c1-12-20-15(9-17(25)21-12)13-4-7-23(8-5-13)18(26)14-3-2-6-22(10-14)11-16(19)24/h9,13-14H,2-8,10-11H2,1H3,(H2,19,24)(H,20,21,25)/t14-/m0/s1. The largest absolute Gasteiger partial charge is 0.369 e. The van der Waals surface area contributed by atoms with E-state index in [2.05, 4.69) is 9.97 Å². The second-order valence-electron chi connectivity index (χ2n) is 7.40. The van der Waals surface area contributed by atoms with Crippen LogP contribution in [0.25, 0.3) is 0 Å². The van der Waals surface area contributed by atoms with Crippen molar-refractivity contribution in [3.8, 4) is 0 Å². The summed E-state index contributed by atoms with van der Waals surface area (Å²) in [5, 5.41) is 0. The lowest BCUT2D eigenvalue weighted by atomic mass is 9.91. The summed E-state index contributed by atoms with van der Waals surface area (Å²) in [5.41, 5.74) is 5.97. The molecule has 8 nitrogen and oxygen atoms in total. The van der Waals surface area contributed by atoms with E-state index in [9.17, 15) is 14.4 Å². The van der Waals surface area contributed by atoms with Gasteiger partial charge in [0.15, 0.2) is 0 Å². The van der Waals surface area contributed by atoms with E-state index >= 15 is 0 Å². The molecule has 3 N–H and O–H groups in total. The van der Waals surface area contributed by atoms with E-state index < -0.39 is 0 Å². The molecule has 1 aromatic heterocycles. The Balaban J connectivity index is 1.56. The molecule has 142 valence electrons. The number of nitrogens with two attached hydrogens (primary N) is 1. The number of hydrogen-bond acceptors (Lipinski definition) is 5. The van der Waals surface area contributed by atoms with Crippen LogP contribution in [-0.4, -0.2) is 64.3 Å². The van der Waals surface area contributed by atoms with Crippen molar-refractivity contribution in [1.82, 2.24) is 19.8 Å². The minimum atomic E-state index is -0.348. The molecule has 2 amide bonds. The van der Waals surface area contributed by atoms with Gasteiger partial charge in [-0.15, -0.1) is 0 Å². The van der Waals surface area contributed by atoms with Crippen LogP contribution in [0.15, 0.2) is 10.9 Å². The van der Waals surface area contributed by atoms with E-state index in [0.29, 0.717) is 25.5 Å². The number of hydrogen-bond donors (Lipinski definition) is 2. The van der Waals surface area contributed by atoms with E-state index in [-0.39, 0.29) is 35.8 Å². The third kappa shape index (κ3) is 4.49. The summed E-state index contributed by atoms with van der Waals surface area (Å²) in [5.74, 6) is 0.618. The van der Waals surface area contributed by atoms with Crippen molar-refractivity contribution in [2.24, 2.45) is 11.7 Å². The van der Waals surface area contributed by atoms with Gasteiger partial charge < -0.3 is 15.6 Å². The van der Waals surface area contributed by atoms with Gasteiger partial charge in [0.25, 0.3) is 5.56 Å². The lowest BCUT2D eigenvalue weighted by Gasteiger charge is -2.37. The number of nitrogens with one attached hydrogen (secondary N) is 1. The van der Waals surface area contributed by atoms with Gasteiger partial charge >= 0.3 is 0 Å². The van der Waals surface area contributed by atoms with Gasteiger partial charge in [-0.25, -0.2) is 4.98 Å². The lowest BCUT2D eigenvalue weighted by molar-refractivity contribution is -0.139. The third-order valence-electron chi connectivity index (χ3n) is 5.34. The lowest BCUT2D eigenvalue weighted by Crippen LogP contribution is -2.48. The molecule has 2 aliphatic rings. The van der Waals surface area contributed by atoms with Gasteiger partial charge in [0.2, 0.25) is 11.8 Å². The maximum absolute atomic E-state index is 12.8. The first-order chi connectivity index (χ1) is 12.4. The summed E-state index contributed by atoms with van der Waals surface area (Å²) in [6.07, 6.45) is 3.41. The molecule has 2 fully saturated rings. The highest BCUT2D eigenvalue weighted by Gasteiger charge is 2.32. The Kier molecular flexibility index (Phi) is 5.70. The number of rotatable bonds is 4. The molecule has 1 atom stereocenters. The zero-order valence-corrected chi connectivity index (χ0v) is 15.2. The van der Waals surface area contributed by atoms with Gasteiger partial charge in [-0.3, -0.25) is 19.3 Å². The molecule has 0 saturated carbocycles. The Morgan fingerprint density at radius 2 is 2.00 bits per heavy atom. The fourth-order valence-electron chi connectivity index (χ4n) is 4.09. The van der Waals surface area contributed by atoms with Crippen LogP contribution >= 0.6 is 0 Å². The van der Waals surface area contributed by atoms with Crippen molar-refractivity contribution < 1.29 is 9.59 Å². The van der Waals surface area contributed by atoms with Gasteiger partial charge in [-0.05, 0) is 39.2 Å². The minimum absolute atomic E-state index is 0.0559. The first-order valence-electron chi connectivity index (χ1n) is 9.29. The molecule has 8 heteroatoms. The zero-order valence-electron chi connectivity index (χ0n) is 15.2. The van der Waals surface area contributed by atoms with Crippen LogP contribution in [-0.2, 0) is 9.59 Å². The predicted octanol–water partition coefficient (Wildman–Crippen LogP) is -0.0184. The molecule has 3 rings (SSSR count). The van der Waals surface area contributed by atoms with Gasteiger partial charge in [-0.2, -0.15) is 0 Å². The molecule has 26 heavy (non-hydrogen) atoms. The smallest absolute Gasteiger partial charge is 0.251 e. The van der Waals surface area contributed by atoms with Crippen molar-refractivity contribution in [2.75, 3.05) is 32.7 Å². The number of aromatic nitrogens is 2. The minimum Gasteiger partial charge on any atom is -0.369 e. The molecule has 0 aromatic carbocycles. The number of likely N-dealkylation sites (tertiary alicyclic amines) is 2. The summed E-state index contributed by atoms with van der Waals surface area (Å²) in [6, 6.07) is 1.57. The number of primary amides is 1. The first-order valence-corrected chi connectivity index (χ1v) is 9.29. The maximum Gasteiger partial charge on any atom is 0.251 e. The normalized spacial score (nSPS) is 22.3. The van der Waals surface area contributed by atoms with Crippen LogP contribution in [0, 0.1) is 12.8 Å². The van der Waals surface area contributed by atoms with Crippen LogP contribution in [0.4, 0.5) is 0 Å². The highest BCUT2D eigenvalue weighted by molar-refractivity contribution is 5.80. The molecule has 2 saturated heterocycles. The highest BCUT2D eigenvalue weighted by atomic mass is 16.2. The number of H-pyrrole nitrogens is 1. The summed E-state index contributed by atoms with van der Waals surface area (Å²) in [7, 11) is 0. The highest BCUT2D eigenvalue weighted by Crippen LogP contribution is 2.28. The average molecular weight is 361 g/mol. The predicted molar refractivity (Wildman–Crippen MR) is 96.5 cm³/mol. The third-order valence-corrected chi connectivity index (χ3v) is 5.34. The quantitative estimate of drug-likeness (QED) is 0.783. The van der Waals surface area contributed by atoms with E-state index in [1.807, 2.05) is 9.80 Å². The first kappa shape index (κ1) is 18.6. The van der Waals surface area contributed by atoms with Crippen molar-refractivity contribution in [3.05, 3.63) is 27.9 Å². The van der Waals surface area contributed by atoms with E-state index in [1.165, 1.54) is 0 Å². The van der Waals surface area contributed by atoms with Crippen molar-refractivity contribution in [2.45, 2.75) is 38.5 Å². The number of carbonyl (C=O) groups excluding carboxylic acids is 2. The molecule has 2 aliphatic heterocycles. The Hall–Kier alpha value is -2.22. The summed E-state index contributed by atoms with van der Waals surface area (Å²) in [4.78, 5) is 46.6. The van der Waals surface area contributed by atoms with Crippen LogP contribution in [0.5, 0.6) is 0 Å². The molecule has 0 aliphatic carbocycles. The molecular formula is C18H27N5O3. The van der Waals surface area contributed by atoms with E-state index in [1.54, 1.807) is 13.0 Å². The number of aromatic amines is 1. The number of piperidine rings is 2. The summed E-state index contributed by atoms with van der Waals surface area (Å²) < 4.78 is 0.